The van der Waals surface area contributed by atoms with Crippen molar-refractivity contribution in [3.05, 3.63) is 59.7 Å². The maximum absolute atomic E-state index is 12.7. The van der Waals surface area contributed by atoms with Crippen molar-refractivity contribution in [1.82, 2.24) is 4.90 Å². The van der Waals surface area contributed by atoms with Gasteiger partial charge in [0.25, 0.3) is 0 Å². The SMILES string of the molecule is O=C(/C=C/c1ccc(OC(F)F)cc1OC(F)F)Nc1cccc(CN2CCOCC2)c1. The van der Waals surface area contributed by atoms with Crippen molar-refractivity contribution in [1.29, 1.82) is 0 Å². The number of carbonyl (C=O) groups is 1. The van der Waals surface area contributed by atoms with Gasteiger partial charge in [0, 0.05) is 43.0 Å². The van der Waals surface area contributed by atoms with Gasteiger partial charge in [0.1, 0.15) is 11.5 Å². The van der Waals surface area contributed by atoms with E-state index in [0.717, 1.165) is 43.4 Å². The minimum Gasteiger partial charge on any atom is -0.435 e. The van der Waals surface area contributed by atoms with E-state index in [4.69, 9.17) is 4.74 Å². The molecule has 0 atom stereocenters. The Bertz CT molecular complexity index is 934. The Morgan fingerprint density at radius 2 is 1.81 bits per heavy atom. The van der Waals surface area contributed by atoms with E-state index in [9.17, 15) is 22.4 Å². The van der Waals surface area contributed by atoms with Gasteiger partial charge in [-0.15, -0.1) is 0 Å². The summed E-state index contributed by atoms with van der Waals surface area (Å²) in [5, 5.41) is 2.71. The van der Waals surface area contributed by atoms with Crippen LogP contribution >= 0.6 is 0 Å². The van der Waals surface area contributed by atoms with E-state index in [1.54, 1.807) is 6.07 Å². The van der Waals surface area contributed by atoms with Crippen LogP contribution in [0.25, 0.3) is 6.08 Å². The number of hydrogen-bond donors (Lipinski definition) is 1. The summed E-state index contributed by atoms with van der Waals surface area (Å²) in [5.74, 6) is -1.23. The lowest BCUT2D eigenvalue weighted by Gasteiger charge is -2.26. The van der Waals surface area contributed by atoms with Crippen molar-refractivity contribution in [3.8, 4) is 11.5 Å². The van der Waals surface area contributed by atoms with Gasteiger partial charge in [-0.3, -0.25) is 9.69 Å². The zero-order chi connectivity index (χ0) is 22.9. The predicted molar refractivity (Wildman–Crippen MR) is 110 cm³/mol. The number of benzene rings is 2. The molecule has 0 saturated carbocycles. The minimum absolute atomic E-state index is 0.100. The molecular formula is C22H22F4N2O4. The number of nitrogens with zero attached hydrogens (tertiary/aromatic N) is 1. The lowest BCUT2D eigenvalue weighted by Crippen LogP contribution is -2.35. The highest BCUT2D eigenvalue weighted by molar-refractivity contribution is 6.02. The van der Waals surface area contributed by atoms with Crippen molar-refractivity contribution in [2.45, 2.75) is 19.8 Å². The number of morpholine rings is 1. The minimum atomic E-state index is -3.17. The van der Waals surface area contributed by atoms with Crippen LogP contribution in [0.5, 0.6) is 11.5 Å². The molecule has 0 bridgehead atoms. The fourth-order valence-electron chi connectivity index (χ4n) is 3.14. The Labute approximate surface area is 182 Å². The summed E-state index contributed by atoms with van der Waals surface area (Å²) >= 11 is 0. The molecule has 1 heterocycles. The fraction of sp³-hybridized carbons (Fsp3) is 0.318. The Morgan fingerprint density at radius 1 is 1.06 bits per heavy atom. The molecule has 1 aliphatic rings. The van der Waals surface area contributed by atoms with Crippen LogP contribution in [0.15, 0.2) is 48.5 Å². The zero-order valence-corrected chi connectivity index (χ0v) is 17.0. The van der Waals surface area contributed by atoms with Gasteiger partial charge >= 0.3 is 13.2 Å². The molecule has 32 heavy (non-hydrogen) atoms. The first-order valence-electron chi connectivity index (χ1n) is 9.81. The number of anilines is 1. The molecule has 10 heteroatoms. The molecule has 2 aromatic rings. The van der Waals surface area contributed by atoms with Crippen LogP contribution in [0.1, 0.15) is 11.1 Å². The summed E-state index contributed by atoms with van der Waals surface area (Å²) in [7, 11) is 0. The van der Waals surface area contributed by atoms with Crippen molar-refractivity contribution in [2.24, 2.45) is 0 Å². The third kappa shape index (κ3) is 7.54. The number of carbonyl (C=O) groups excluding carboxylic acids is 1. The predicted octanol–water partition coefficient (Wildman–Crippen LogP) is 4.37. The molecule has 1 amide bonds. The van der Waals surface area contributed by atoms with Crippen LogP contribution < -0.4 is 14.8 Å². The molecule has 172 valence electrons. The van der Waals surface area contributed by atoms with Gasteiger partial charge in [0.15, 0.2) is 0 Å². The summed E-state index contributed by atoms with van der Waals surface area (Å²) in [6, 6.07) is 10.7. The highest BCUT2D eigenvalue weighted by atomic mass is 19.3. The van der Waals surface area contributed by atoms with Gasteiger partial charge in [-0.1, -0.05) is 12.1 Å². The molecule has 3 rings (SSSR count). The highest BCUT2D eigenvalue weighted by Gasteiger charge is 2.13. The van der Waals surface area contributed by atoms with Crippen molar-refractivity contribution < 1.29 is 36.6 Å². The molecule has 2 aromatic carbocycles. The summed E-state index contributed by atoms with van der Waals surface area (Å²) < 4.78 is 63.9. The Hall–Kier alpha value is -3.11. The van der Waals surface area contributed by atoms with Gasteiger partial charge in [0.05, 0.1) is 13.2 Å². The number of halogens is 4. The number of rotatable bonds is 9. The molecule has 0 aromatic heterocycles. The van der Waals surface area contributed by atoms with E-state index in [-0.39, 0.29) is 11.3 Å². The second-order valence-electron chi connectivity index (χ2n) is 6.87. The number of nitrogens with one attached hydrogen (secondary N) is 1. The number of alkyl halides is 4. The molecular weight excluding hydrogens is 432 g/mol. The first kappa shape index (κ1) is 23.6. The maximum Gasteiger partial charge on any atom is 0.387 e. The van der Waals surface area contributed by atoms with Gasteiger partial charge in [-0.2, -0.15) is 17.6 Å². The smallest absolute Gasteiger partial charge is 0.387 e. The number of hydrogen-bond acceptors (Lipinski definition) is 5. The first-order chi connectivity index (χ1) is 15.4. The van der Waals surface area contributed by atoms with E-state index in [2.05, 4.69) is 19.7 Å². The summed E-state index contributed by atoms with van der Waals surface area (Å²) in [4.78, 5) is 14.5. The lowest BCUT2D eigenvalue weighted by atomic mass is 10.1. The average Bonchev–Trinajstić information content (AvgIpc) is 2.73. The first-order valence-corrected chi connectivity index (χ1v) is 9.81. The topological polar surface area (TPSA) is 60.0 Å². The van der Waals surface area contributed by atoms with Gasteiger partial charge in [0.2, 0.25) is 5.91 Å². The monoisotopic (exact) mass is 454 g/mol. The van der Waals surface area contributed by atoms with E-state index < -0.39 is 24.9 Å². The number of ether oxygens (including phenoxy) is 3. The fourth-order valence-corrected chi connectivity index (χ4v) is 3.14. The molecule has 6 nitrogen and oxygen atoms in total. The molecule has 0 aliphatic carbocycles. The summed E-state index contributed by atoms with van der Waals surface area (Å²) in [6.07, 6.45) is 2.38. The van der Waals surface area contributed by atoms with Crippen molar-refractivity contribution >= 4 is 17.7 Å². The van der Waals surface area contributed by atoms with Gasteiger partial charge in [-0.25, -0.2) is 0 Å². The zero-order valence-electron chi connectivity index (χ0n) is 17.0. The van der Waals surface area contributed by atoms with Crippen LogP contribution in [0.3, 0.4) is 0 Å². The largest absolute Gasteiger partial charge is 0.435 e. The number of amides is 1. The van der Waals surface area contributed by atoms with E-state index >= 15 is 0 Å². The summed E-state index contributed by atoms with van der Waals surface area (Å²) in [5.41, 5.74) is 1.70. The second kappa shape index (κ2) is 11.5. The molecule has 1 saturated heterocycles. The second-order valence-corrected chi connectivity index (χ2v) is 6.87. The quantitative estimate of drug-likeness (QED) is 0.450. The van der Waals surface area contributed by atoms with Crippen LogP contribution in [0.4, 0.5) is 23.2 Å². The molecule has 1 N–H and O–H groups in total. The Morgan fingerprint density at radius 3 is 2.53 bits per heavy atom. The molecule has 1 fully saturated rings. The summed E-state index contributed by atoms with van der Waals surface area (Å²) in [6.45, 7) is -2.51. The van der Waals surface area contributed by atoms with E-state index in [1.165, 1.54) is 12.1 Å². The van der Waals surface area contributed by atoms with Gasteiger partial charge < -0.3 is 19.5 Å². The third-order valence-electron chi connectivity index (χ3n) is 4.54. The lowest BCUT2D eigenvalue weighted by molar-refractivity contribution is -0.111. The van der Waals surface area contributed by atoms with Crippen molar-refractivity contribution in [2.75, 3.05) is 31.6 Å². The Balaban J connectivity index is 1.65. The standard InChI is InChI=1S/C22H22F4N2O4/c23-21(24)31-18-6-4-16(19(13-18)32-22(25)26)5-7-20(29)27-17-3-1-2-15(12-17)14-28-8-10-30-11-9-28/h1-7,12-13,21-22H,8-11,14H2,(H,27,29)/b7-5+. The molecule has 1 aliphatic heterocycles. The van der Waals surface area contributed by atoms with Crippen LogP contribution in [0.2, 0.25) is 0 Å². The van der Waals surface area contributed by atoms with Crippen LogP contribution in [-0.2, 0) is 16.1 Å². The van der Waals surface area contributed by atoms with Gasteiger partial charge in [-0.05, 0) is 35.9 Å². The highest BCUT2D eigenvalue weighted by Crippen LogP contribution is 2.28. The van der Waals surface area contributed by atoms with Crippen molar-refractivity contribution in [3.63, 3.8) is 0 Å². The third-order valence-corrected chi connectivity index (χ3v) is 4.54. The van der Waals surface area contributed by atoms with E-state index in [0.29, 0.717) is 18.9 Å². The maximum atomic E-state index is 12.7. The van der Waals surface area contributed by atoms with Crippen LogP contribution in [0, 0.1) is 0 Å². The van der Waals surface area contributed by atoms with Crippen LogP contribution in [-0.4, -0.2) is 50.3 Å². The molecule has 0 spiro atoms. The van der Waals surface area contributed by atoms with E-state index in [1.807, 2.05) is 18.2 Å². The normalized spacial score (nSPS) is 14.8. The average molecular weight is 454 g/mol. The molecule has 0 unspecified atom stereocenters. The Kier molecular flexibility index (Phi) is 8.46. The molecule has 0 radical (unpaired) electrons.